The van der Waals surface area contributed by atoms with Gasteiger partial charge < -0.3 is 15.4 Å². The Morgan fingerprint density at radius 1 is 1.45 bits per heavy atom. The maximum Gasteiger partial charge on any atom is 0.227 e. The molecule has 0 bridgehead atoms. The van der Waals surface area contributed by atoms with Crippen molar-refractivity contribution in [2.75, 3.05) is 18.5 Å². The number of unbranched alkanes of at least 4 members (excludes halogenated alkanes) is 1. The average Bonchev–Trinajstić information content (AvgIpc) is 2.50. The number of hydrogen-bond donors (Lipinski definition) is 2. The molecule has 0 saturated carbocycles. The van der Waals surface area contributed by atoms with Gasteiger partial charge in [0.1, 0.15) is 5.75 Å². The monoisotopic (exact) mass is 304 g/mol. The molecule has 0 radical (unpaired) electrons. The molecular weight excluding hydrogens is 276 g/mol. The summed E-state index contributed by atoms with van der Waals surface area (Å²) >= 11 is 0. The standard InChI is InChI=1S/C18H28N2O2/c1-4-5-10-22-16-6-7-17(13(2)11-16)20-18(21)15-8-9-19-14(3)12-15/h6-7,11,14-15,19H,4-5,8-10,12H2,1-3H3,(H,20,21)/t14-,15-/m0/s1. The molecule has 1 aliphatic rings. The highest BCUT2D eigenvalue weighted by atomic mass is 16.5. The summed E-state index contributed by atoms with van der Waals surface area (Å²) in [6.07, 6.45) is 4.00. The van der Waals surface area contributed by atoms with E-state index in [-0.39, 0.29) is 11.8 Å². The van der Waals surface area contributed by atoms with Crippen LogP contribution in [0.5, 0.6) is 5.75 Å². The molecule has 22 heavy (non-hydrogen) atoms. The molecule has 2 N–H and O–H groups in total. The number of carbonyl (C=O) groups is 1. The minimum absolute atomic E-state index is 0.108. The van der Waals surface area contributed by atoms with E-state index in [0.717, 1.165) is 55.8 Å². The highest BCUT2D eigenvalue weighted by Crippen LogP contribution is 2.24. The van der Waals surface area contributed by atoms with E-state index in [9.17, 15) is 4.79 Å². The zero-order chi connectivity index (χ0) is 15.9. The van der Waals surface area contributed by atoms with Crippen molar-refractivity contribution in [2.24, 2.45) is 5.92 Å². The molecule has 0 aliphatic carbocycles. The number of aryl methyl sites for hydroxylation is 1. The average molecular weight is 304 g/mol. The lowest BCUT2D eigenvalue weighted by atomic mass is 9.92. The third-order valence-electron chi connectivity index (χ3n) is 4.22. The van der Waals surface area contributed by atoms with Gasteiger partial charge in [0.05, 0.1) is 6.61 Å². The minimum Gasteiger partial charge on any atom is -0.494 e. The number of amides is 1. The summed E-state index contributed by atoms with van der Waals surface area (Å²) in [6, 6.07) is 6.29. The van der Waals surface area contributed by atoms with Crippen molar-refractivity contribution in [1.82, 2.24) is 5.32 Å². The van der Waals surface area contributed by atoms with Gasteiger partial charge in [-0.15, -0.1) is 0 Å². The zero-order valence-electron chi connectivity index (χ0n) is 13.9. The smallest absolute Gasteiger partial charge is 0.227 e. The van der Waals surface area contributed by atoms with Crippen LogP contribution in [0.25, 0.3) is 0 Å². The molecule has 0 unspecified atom stereocenters. The summed E-state index contributed by atoms with van der Waals surface area (Å²) in [5.41, 5.74) is 1.93. The molecule has 1 aromatic rings. The maximum atomic E-state index is 12.4. The first-order valence-electron chi connectivity index (χ1n) is 8.38. The van der Waals surface area contributed by atoms with E-state index < -0.39 is 0 Å². The number of hydrogen-bond acceptors (Lipinski definition) is 3. The van der Waals surface area contributed by atoms with Crippen molar-refractivity contribution in [3.63, 3.8) is 0 Å². The number of carbonyl (C=O) groups excluding carboxylic acids is 1. The molecule has 1 fully saturated rings. The first-order chi connectivity index (χ1) is 10.6. The Bertz CT molecular complexity index is 502. The van der Waals surface area contributed by atoms with Gasteiger partial charge in [-0.05, 0) is 63.4 Å². The summed E-state index contributed by atoms with van der Waals surface area (Å²) in [5, 5.41) is 6.45. The molecule has 122 valence electrons. The second kappa shape index (κ2) is 8.18. The summed E-state index contributed by atoms with van der Waals surface area (Å²) in [4.78, 5) is 12.4. The lowest BCUT2D eigenvalue weighted by molar-refractivity contribution is -0.120. The van der Waals surface area contributed by atoms with E-state index in [2.05, 4.69) is 24.5 Å². The van der Waals surface area contributed by atoms with E-state index in [0.29, 0.717) is 6.04 Å². The zero-order valence-corrected chi connectivity index (χ0v) is 13.9. The summed E-state index contributed by atoms with van der Waals surface area (Å²) in [5.74, 6) is 1.12. The number of benzene rings is 1. The van der Waals surface area contributed by atoms with Gasteiger partial charge >= 0.3 is 0 Å². The van der Waals surface area contributed by atoms with E-state index in [4.69, 9.17) is 4.74 Å². The first-order valence-corrected chi connectivity index (χ1v) is 8.38. The molecule has 1 aromatic carbocycles. The minimum atomic E-state index is 0.108. The lowest BCUT2D eigenvalue weighted by Gasteiger charge is -2.27. The number of ether oxygens (including phenoxy) is 1. The fourth-order valence-corrected chi connectivity index (χ4v) is 2.81. The molecule has 2 rings (SSSR count). The fraction of sp³-hybridized carbons (Fsp3) is 0.611. The van der Waals surface area contributed by atoms with Crippen LogP contribution in [0, 0.1) is 12.8 Å². The van der Waals surface area contributed by atoms with Crippen LogP contribution in [0.4, 0.5) is 5.69 Å². The number of piperidine rings is 1. The second-order valence-electron chi connectivity index (χ2n) is 6.24. The number of rotatable bonds is 6. The quantitative estimate of drug-likeness (QED) is 0.791. The molecule has 1 heterocycles. The van der Waals surface area contributed by atoms with Crippen LogP contribution in [0.2, 0.25) is 0 Å². The van der Waals surface area contributed by atoms with E-state index in [1.807, 2.05) is 25.1 Å². The van der Waals surface area contributed by atoms with E-state index in [1.165, 1.54) is 0 Å². The summed E-state index contributed by atoms with van der Waals surface area (Å²) in [7, 11) is 0. The van der Waals surface area contributed by atoms with Crippen molar-refractivity contribution < 1.29 is 9.53 Å². The van der Waals surface area contributed by atoms with Gasteiger partial charge in [-0.25, -0.2) is 0 Å². The van der Waals surface area contributed by atoms with Crippen molar-refractivity contribution in [3.8, 4) is 5.75 Å². The Hall–Kier alpha value is -1.55. The Morgan fingerprint density at radius 2 is 2.27 bits per heavy atom. The molecule has 0 spiro atoms. The van der Waals surface area contributed by atoms with Crippen molar-refractivity contribution in [3.05, 3.63) is 23.8 Å². The van der Waals surface area contributed by atoms with Crippen LogP contribution < -0.4 is 15.4 Å². The van der Waals surface area contributed by atoms with Crippen LogP contribution in [0.15, 0.2) is 18.2 Å². The Morgan fingerprint density at radius 3 is 2.95 bits per heavy atom. The third kappa shape index (κ3) is 4.73. The van der Waals surface area contributed by atoms with Crippen molar-refractivity contribution >= 4 is 11.6 Å². The van der Waals surface area contributed by atoms with Gasteiger partial charge in [0.2, 0.25) is 5.91 Å². The highest BCUT2D eigenvalue weighted by molar-refractivity contribution is 5.93. The summed E-state index contributed by atoms with van der Waals surface area (Å²) in [6.45, 7) is 7.95. The summed E-state index contributed by atoms with van der Waals surface area (Å²) < 4.78 is 5.70. The molecule has 0 aromatic heterocycles. The van der Waals surface area contributed by atoms with Crippen molar-refractivity contribution in [2.45, 2.75) is 52.5 Å². The lowest BCUT2D eigenvalue weighted by Crippen LogP contribution is -2.40. The van der Waals surface area contributed by atoms with Gasteiger partial charge in [-0.3, -0.25) is 4.79 Å². The molecule has 4 nitrogen and oxygen atoms in total. The van der Waals surface area contributed by atoms with Crippen LogP contribution >= 0.6 is 0 Å². The van der Waals surface area contributed by atoms with Crippen LogP contribution in [0.1, 0.15) is 45.1 Å². The number of anilines is 1. The normalized spacial score (nSPS) is 21.4. The van der Waals surface area contributed by atoms with Gasteiger partial charge in [-0.1, -0.05) is 13.3 Å². The Balaban J connectivity index is 1.93. The van der Waals surface area contributed by atoms with Crippen LogP contribution in [0.3, 0.4) is 0 Å². The molecule has 2 atom stereocenters. The van der Waals surface area contributed by atoms with Gasteiger partial charge in [0.25, 0.3) is 0 Å². The molecule has 1 aliphatic heterocycles. The molecule has 1 saturated heterocycles. The maximum absolute atomic E-state index is 12.4. The topological polar surface area (TPSA) is 50.4 Å². The van der Waals surface area contributed by atoms with E-state index >= 15 is 0 Å². The van der Waals surface area contributed by atoms with Crippen LogP contribution in [-0.4, -0.2) is 25.1 Å². The molecule has 1 amide bonds. The van der Waals surface area contributed by atoms with Gasteiger partial charge in [0, 0.05) is 17.6 Å². The van der Waals surface area contributed by atoms with Gasteiger partial charge in [-0.2, -0.15) is 0 Å². The Kier molecular flexibility index (Phi) is 6.25. The Labute approximate surface area is 133 Å². The highest BCUT2D eigenvalue weighted by Gasteiger charge is 2.24. The molecule has 4 heteroatoms. The predicted molar refractivity (Wildman–Crippen MR) is 90.4 cm³/mol. The first kappa shape index (κ1) is 16.8. The van der Waals surface area contributed by atoms with Crippen LogP contribution in [-0.2, 0) is 4.79 Å². The second-order valence-corrected chi connectivity index (χ2v) is 6.24. The van der Waals surface area contributed by atoms with E-state index in [1.54, 1.807) is 0 Å². The van der Waals surface area contributed by atoms with Gasteiger partial charge in [0.15, 0.2) is 0 Å². The molecular formula is C18H28N2O2. The SMILES string of the molecule is CCCCOc1ccc(NC(=O)[C@H]2CCN[C@@H](C)C2)c(C)c1. The fourth-order valence-electron chi connectivity index (χ4n) is 2.81. The predicted octanol–water partition coefficient (Wildman–Crippen LogP) is 3.50. The largest absolute Gasteiger partial charge is 0.494 e. The van der Waals surface area contributed by atoms with Crippen molar-refractivity contribution in [1.29, 1.82) is 0 Å². The number of nitrogens with one attached hydrogen (secondary N) is 2. The third-order valence-corrected chi connectivity index (χ3v) is 4.22.